The third kappa shape index (κ3) is 4.83. The number of H-pyrrole nitrogens is 1. The number of rotatable bonds is 6. The summed E-state index contributed by atoms with van der Waals surface area (Å²) in [4.78, 5) is 35.1. The van der Waals surface area contributed by atoms with Crippen molar-refractivity contribution in [3.05, 3.63) is 78.2 Å². The van der Waals surface area contributed by atoms with Crippen LogP contribution in [0, 0.1) is 0 Å². The summed E-state index contributed by atoms with van der Waals surface area (Å²) in [7, 11) is 0. The summed E-state index contributed by atoms with van der Waals surface area (Å²) in [6.07, 6.45) is 4.59. The van der Waals surface area contributed by atoms with E-state index < -0.39 is 6.04 Å². The van der Waals surface area contributed by atoms with Gasteiger partial charge < -0.3 is 20.9 Å². The minimum Gasteiger partial charge on any atom is -0.350 e. The number of nitrogens with zero attached hydrogens (tertiary/aromatic N) is 2. The number of piperidine rings is 1. The van der Waals surface area contributed by atoms with Crippen molar-refractivity contribution in [2.45, 2.75) is 31.3 Å². The largest absolute Gasteiger partial charge is 0.350 e. The van der Waals surface area contributed by atoms with Crippen molar-refractivity contribution in [3.8, 4) is 11.3 Å². The molecule has 1 aliphatic rings. The maximum Gasteiger partial charge on any atom is 0.251 e. The van der Waals surface area contributed by atoms with Crippen LogP contribution in [0.2, 0.25) is 0 Å². The van der Waals surface area contributed by atoms with Crippen molar-refractivity contribution < 1.29 is 9.59 Å². The summed E-state index contributed by atoms with van der Waals surface area (Å²) in [5, 5.41) is 2.76. The zero-order chi connectivity index (χ0) is 21.6. The number of aromatic nitrogens is 2. The molecule has 1 fully saturated rings. The molecule has 0 aliphatic carbocycles. The van der Waals surface area contributed by atoms with E-state index in [0.717, 1.165) is 36.3 Å². The second kappa shape index (κ2) is 9.57. The highest BCUT2D eigenvalue weighted by Gasteiger charge is 2.32. The third-order valence-corrected chi connectivity index (χ3v) is 5.62. The molecule has 0 bridgehead atoms. The van der Waals surface area contributed by atoms with Gasteiger partial charge in [0.2, 0.25) is 5.91 Å². The lowest BCUT2D eigenvalue weighted by atomic mass is 10.0. The molecule has 2 amide bonds. The lowest BCUT2D eigenvalue weighted by molar-refractivity contribution is -0.136. The lowest BCUT2D eigenvalue weighted by Crippen LogP contribution is -2.52. The molecule has 2 aromatic carbocycles. The number of carbonyl (C=O) groups excluding carboxylic acids is 2. The number of aromatic amines is 1. The van der Waals surface area contributed by atoms with Crippen LogP contribution < -0.4 is 11.1 Å². The molecule has 3 aromatic rings. The van der Waals surface area contributed by atoms with Gasteiger partial charge in [-0.15, -0.1) is 0 Å². The monoisotopic (exact) mass is 417 g/mol. The van der Waals surface area contributed by atoms with Crippen LogP contribution in [0.3, 0.4) is 0 Å². The Morgan fingerprint density at radius 3 is 2.55 bits per heavy atom. The van der Waals surface area contributed by atoms with Crippen LogP contribution in [0.1, 0.15) is 41.5 Å². The summed E-state index contributed by atoms with van der Waals surface area (Å²) >= 11 is 0. The average molecular weight is 418 g/mol. The first-order chi connectivity index (χ1) is 15.1. The van der Waals surface area contributed by atoms with Crippen molar-refractivity contribution in [2.75, 3.05) is 13.1 Å². The number of hydrogen-bond acceptors (Lipinski definition) is 4. The van der Waals surface area contributed by atoms with Gasteiger partial charge in [-0.3, -0.25) is 9.59 Å². The quantitative estimate of drug-likeness (QED) is 0.574. The van der Waals surface area contributed by atoms with Gasteiger partial charge in [0.1, 0.15) is 11.9 Å². The van der Waals surface area contributed by atoms with Gasteiger partial charge in [-0.1, -0.05) is 48.5 Å². The minimum atomic E-state index is -0.809. The number of nitrogens with two attached hydrogens (primary N) is 1. The fourth-order valence-corrected chi connectivity index (χ4v) is 3.94. The number of amides is 2. The van der Waals surface area contributed by atoms with Crippen LogP contribution in [0.5, 0.6) is 0 Å². The highest BCUT2D eigenvalue weighted by atomic mass is 16.2. The Morgan fingerprint density at radius 2 is 1.81 bits per heavy atom. The summed E-state index contributed by atoms with van der Waals surface area (Å²) in [6, 6.07) is 17.9. The first-order valence-electron chi connectivity index (χ1n) is 10.6. The van der Waals surface area contributed by atoms with Crippen molar-refractivity contribution >= 4 is 11.8 Å². The normalized spacial score (nSPS) is 17.2. The lowest BCUT2D eigenvalue weighted by Gasteiger charge is -2.36. The number of nitrogens with one attached hydrogen (secondary N) is 2. The maximum absolute atomic E-state index is 13.1. The zero-order valence-corrected chi connectivity index (χ0v) is 17.3. The molecule has 31 heavy (non-hydrogen) atoms. The molecule has 160 valence electrons. The van der Waals surface area contributed by atoms with Gasteiger partial charge in [0, 0.05) is 18.7 Å². The Morgan fingerprint density at radius 1 is 1.10 bits per heavy atom. The van der Waals surface area contributed by atoms with Gasteiger partial charge in [0.15, 0.2) is 0 Å². The van der Waals surface area contributed by atoms with Crippen LogP contribution in [-0.4, -0.2) is 45.8 Å². The second-order valence-corrected chi connectivity index (χ2v) is 7.77. The Hall–Kier alpha value is -3.45. The standard InChI is InChI=1S/C24H27N5O2/c25-19(15-27-23(30)18-11-5-2-6-12-18)24(31)29-14-8-7-13-21(29)22-26-16-20(28-22)17-9-3-1-4-10-17/h1-6,9-12,16,19,21H,7-8,13-15,25H2,(H,26,28)(H,27,30). The van der Waals surface area contributed by atoms with Crippen molar-refractivity contribution in [3.63, 3.8) is 0 Å². The van der Waals surface area contributed by atoms with Gasteiger partial charge in [-0.25, -0.2) is 4.98 Å². The summed E-state index contributed by atoms with van der Waals surface area (Å²) in [5.74, 6) is 0.362. The molecule has 2 heterocycles. The van der Waals surface area contributed by atoms with Gasteiger partial charge >= 0.3 is 0 Å². The number of imidazole rings is 1. The first kappa shape index (κ1) is 20.8. The molecule has 4 N–H and O–H groups in total. The van der Waals surface area contributed by atoms with Crippen molar-refractivity contribution in [2.24, 2.45) is 5.73 Å². The topological polar surface area (TPSA) is 104 Å². The van der Waals surface area contributed by atoms with Crippen molar-refractivity contribution in [1.82, 2.24) is 20.2 Å². The first-order valence-corrected chi connectivity index (χ1v) is 10.6. The number of benzene rings is 2. The molecule has 2 atom stereocenters. The Kier molecular flexibility index (Phi) is 6.43. The molecular weight excluding hydrogens is 390 g/mol. The highest BCUT2D eigenvalue weighted by Crippen LogP contribution is 2.31. The van der Waals surface area contributed by atoms with Gasteiger partial charge in [-0.05, 0) is 37.0 Å². The molecule has 0 radical (unpaired) electrons. The molecule has 4 rings (SSSR count). The van der Waals surface area contributed by atoms with Crippen LogP contribution in [-0.2, 0) is 4.79 Å². The molecule has 1 saturated heterocycles. The second-order valence-electron chi connectivity index (χ2n) is 7.77. The molecule has 7 nitrogen and oxygen atoms in total. The molecule has 1 aromatic heterocycles. The van der Waals surface area contributed by atoms with Crippen LogP contribution in [0.25, 0.3) is 11.3 Å². The van der Waals surface area contributed by atoms with E-state index in [9.17, 15) is 9.59 Å². The zero-order valence-electron chi connectivity index (χ0n) is 17.3. The van der Waals surface area contributed by atoms with Crippen LogP contribution in [0.15, 0.2) is 66.9 Å². The van der Waals surface area contributed by atoms with E-state index >= 15 is 0 Å². The number of hydrogen-bond donors (Lipinski definition) is 3. The highest BCUT2D eigenvalue weighted by molar-refractivity contribution is 5.94. The maximum atomic E-state index is 13.1. The summed E-state index contributed by atoms with van der Waals surface area (Å²) in [5.41, 5.74) is 8.69. The van der Waals surface area contributed by atoms with E-state index in [-0.39, 0.29) is 24.4 Å². The van der Waals surface area contributed by atoms with Crippen molar-refractivity contribution in [1.29, 1.82) is 0 Å². The third-order valence-electron chi connectivity index (χ3n) is 5.62. The van der Waals surface area contributed by atoms with E-state index in [1.165, 1.54) is 0 Å². The van der Waals surface area contributed by atoms with E-state index in [1.54, 1.807) is 29.2 Å². The fourth-order valence-electron chi connectivity index (χ4n) is 3.94. The Bertz CT molecular complexity index is 1020. The minimum absolute atomic E-state index is 0.0865. The number of likely N-dealkylation sites (tertiary alicyclic amines) is 1. The van der Waals surface area contributed by atoms with E-state index in [0.29, 0.717) is 12.1 Å². The molecule has 0 spiro atoms. The predicted octanol–water partition coefficient (Wildman–Crippen LogP) is 2.89. The molecule has 0 saturated carbocycles. The Labute approximate surface area is 181 Å². The molecule has 7 heteroatoms. The van der Waals surface area contributed by atoms with Crippen LogP contribution >= 0.6 is 0 Å². The Balaban J connectivity index is 1.42. The predicted molar refractivity (Wildman–Crippen MR) is 119 cm³/mol. The van der Waals surface area contributed by atoms with E-state index in [1.807, 2.05) is 42.6 Å². The van der Waals surface area contributed by atoms with E-state index in [2.05, 4.69) is 15.3 Å². The summed E-state index contributed by atoms with van der Waals surface area (Å²) in [6.45, 7) is 0.717. The number of carbonyl (C=O) groups is 2. The van der Waals surface area contributed by atoms with Gasteiger partial charge in [0.25, 0.3) is 5.91 Å². The van der Waals surface area contributed by atoms with Gasteiger partial charge in [0.05, 0.1) is 17.9 Å². The smallest absolute Gasteiger partial charge is 0.251 e. The fraction of sp³-hybridized carbons (Fsp3) is 0.292. The molecule has 1 aliphatic heterocycles. The van der Waals surface area contributed by atoms with Crippen LogP contribution in [0.4, 0.5) is 0 Å². The molecular formula is C24H27N5O2. The van der Waals surface area contributed by atoms with E-state index in [4.69, 9.17) is 5.73 Å². The molecule has 2 unspecified atom stereocenters. The summed E-state index contributed by atoms with van der Waals surface area (Å²) < 4.78 is 0. The van der Waals surface area contributed by atoms with Gasteiger partial charge in [-0.2, -0.15) is 0 Å². The SMILES string of the molecule is NC(CNC(=O)c1ccccc1)C(=O)N1CCCCC1c1ncc(-c2ccccc2)[nH]1. The average Bonchev–Trinajstić information content (AvgIpc) is 3.33.